The lowest BCUT2D eigenvalue weighted by Crippen LogP contribution is -2.51. The maximum absolute atomic E-state index is 14.1. The van der Waals surface area contributed by atoms with Crippen LogP contribution in [0.4, 0.5) is 23.7 Å². The summed E-state index contributed by atoms with van der Waals surface area (Å²) in [6.45, 7) is 6.66. The molecule has 1 fully saturated rings. The summed E-state index contributed by atoms with van der Waals surface area (Å²) in [5, 5.41) is 5.20. The fourth-order valence-corrected chi connectivity index (χ4v) is 3.33. The highest BCUT2D eigenvalue weighted by molar-refractivity contribution is 5.86. The van der Waals surface area contributed by atoms with Crippen molar-refractivity contribution in [2.45, 2.75) is 51.2 Å². The second-order valence-electron chi connectivity index (χ2n) is 8.25. The zero-order valence-corrected chi connectivity index (χ0v) is 17.3. The van der Waals surface area contributed by atoms with Crippen molar-refractivity contribution in [3.8, 4) is 0 Å². The fourth-order valence-electron chi connectivity index (χ4n) is 3.33. The van der Waals surface area contributed by atoms with Crippen LogP contribution >= 0.6 is 0 Å². The first-order valence-corrected chi connectivity index (χ1v) is 9.56. The minimum atomic E-state index is -4.69. The van der Waals surface area contributed by atoms with E-state index in [0.29, 0.717) is 16.8 Å². The minimum Gasteiger partial charge on any atom is -0.444 e. The van der Waals surface area contributed by atoms with Crippen molar-refractivity contribution < 1.29 is 27.4 Å². The van der Waals surface area contributed by atoms with Crippen molar-refractivity contribution in [2.75, 3.05) is 11.9 Å². The molecular formula is C22H25F3N2O3. The number of benzene rings is 2. The molecular weight excluding hydrogens is 397 g/mol. The second kappa shape index (κ2) is 7.92. The van der Waals surface area contributed by atoms with E-state index in [4.69, 9.17) is 9.47 Å². The molecule has 1 aliphatic rings. The molecule has 0 aliphatic carbocycles. The number of ether oxygens (including phenoxy) is 2. The van der Waals surface area contributed by atoms with Crippen LogP contribution in [-0.2, 0) is 15.2 Å². The Morgan fingerprint density at radius 2 is 1.83 bits per heavy atom. The largest absolute Gasteiger partial charge is 0.444 e. The van der Waals surface area contributed by atoms with Gasteiger partial charge in [-0.3, -0.25) is 10.6 Å². The standard InChI is InChI=1S/C22H25F3N2O3/c1-14-12-16(10-11-17(14)26-19(28)30-20(2,3)4)21(22(23,24)25)27-18(13-29-21)15-8-6-5-7-9-15/h5-12,18,27H,13H2,1-4H3,(H,26,28). The van der Waals surface area contributed by atoms with Crippen LogP contribution in [0.25, 0.3) is 0 Å². The molecule has 30 heavy (non-hydrogen) atoms. The molecule has 0 spiro atoms. The average molecular weight is 422 g/mol. The van der Waals surface area contributed by atoms with Crippen LogP contribution in [0, 0.1) is 6.92 Å². The van der Waals surface area contributed by atoms with Gasteiger partial charge in [0.1, 0.15) is 5.60 Å². The first-order chi connectivity index (χ1) is 13.9. The number of alkyl halides is 3. The highest BCUT2D eigenvalue weighted by Gasteiger charge is 2.61. The van der Waals surface area contributed by atoms with E-state index in [1.807, 2.05) is 0 Å². The summed E-state index contributed by atoms with van der Waals surface area (Å²) >= 11 is 0. The summed E-state index contributed by atoms with van der Waals surface area (Å²) in [6.07, 6.45) is -5.37. The van der Waals surface area contributed by atoms with Gasteiger partial charge in [-0.1, -0.05) is 36.4 Å². The summed E-state index contributed by atoms with van der Waals surface area (Å²) in [5.74, 6) is 0. The van der Waals surface area contributed by atoms with Gasteiger partial charge in [-0.15, -0.1) is 0 Å². The monoisotopic (exact) mass is 422 g/mol. The van der Waals surface area contributed by atoms with Gasteiger partial charge in [-0.2, -0.15) is 13.2 Å². The Morgan fingerprint density at radius 1 is 1.17 bits per heavy atom. The van der Waals surface area contributed by atoms with E-state index >= 15 is 0 Å². The predicted molar refractivity (Wildman–Crippen MR) is 107 cm³/mol. The fraction of sp³-hybridized carbons (Fsp3) is 0.409. The Hall–Kier alpha value is -2.58. The van der Waals surface area contributed by atoms with Crippen molar-refractivity contribution in [1.82, 2.24) is 5.32 Å². The van der Waals surface area contributed by atoms with E-state index in [1.165, 1.54) is 18.2 Å². The summed E-state index contributed by atoms with van der Waals surface area (Å²) in [5.41, 5.74) is -1.88. The Morgan fingerprint density at radius 3 is 2.40 bits per heavy atom. The second-order valence-corrected chi connectivity index (χ2v) is 8.25. The van der Waals surface area contributed by atoms with Crippen LogP contribution in [0.3, 0.4) is 0 Å². The summed E-state index contributed by atoms with van der Waals surface area (Å²) < 4.78 is 53.0. The van der Waals surface area contributed by atoms with Crippen LogP contribution in [-0.4, -0.2) is 24.5 Å². The third-order valence-corrected chi connectivity index (χ3v) is 4.71. The van der Waals surface area contributed by atoms with E-state index in [1.54, 1.807) is 58.0 Å². The number of hydrogen-bond donors (Lipinski definition) is 2. The number of halogens is 3. The minimum absolute atomic E-state index is 0.0827. The predicted octanol–water partition coefficient (Wildman–Crippen LogP) is 5.42. The maximum atomic E-state index is 14.1. The first-order valence-electron chi connectivity index (χ1n) is 9.56. The number of carbonyl (C=O) groups excluding carboxylic acids is 1. The summed E-state index contributed by atoms with van der Waals surface area (Å²) in [7, 11) is 0. The van der Waals surface area contributed by atoms with Crippen molar-refractivity contribution in [1.29, 1.82) is 0 Å². The van der Waals surface area contributed by atoms with Crippen molar-refractivity contribution >= 4 is 11.8 Å². The molecule has 162 valence electrons. The molecule has 1 amide bonds. The third-order valence-electron chi connectivity index (χ3n) is 4.71. The van der Waals surface area contributed by atoms with Crippen LogP contribution in [0.2, 0.25) is 0 Å². The van der Waals surface area contributed by atoms with Gasteiger partial charge in [0.15, 0.2) is 0 Å². The van der Waals surface area contributed by atoms with E-state index in [0.717, 1.165) is 0 Å². The number of nitrogens with one attached hydrogen (secondary N) is 2. The molecule has 2 unspecified atom stereocenters. The number of rotatable bonds is 3. The molecule has 2 aromatic carbocycles. The van der Waals surface area contributed by atoms with Crippen LogP contribution in [0.1, 0.15) is 43.5 Å². The highest BCUT2D eigenvalue weighted by Crippen LogP contribution is 2.46. The number of carbonyl (C=O) groups is 1. The van der Waals surface area contributed by atoms with E-state index in [-0.39, 0.29) is 12.2 Å². The van der Waals surface area contributed by atoms with Gasteiger partial charge in [-0.05, 0) is 51.0 Å². The molecule has 0 saturated carbocycles. The number of hydrogen-bond acceptors (Lipinski definition) is 4. The molecule has 0 aromatic heterocycles. The zero-order chi connectivity index (χ0) is 22.2. The van der Waals surface area contributed by atoms with Crippen LogP contribution in [0.15, 0.2) is 48.5 Å². The van der Waals surface area contributed by atoms with Gasteiger partial charge in [0.05, 0.1) is 12.6 Å². The topological polar surface area (TPSA) is 59.6 Å². The summed E-state index contributed by atoms with van der Waals surface area (Å²) in [4.78, 5) is 12.0. The number of aryl methyl sites for hydroxylation is 1. The molecule has 2 atom stereocenters. The molecule has 8 heteroatoms. The van der Waals surface area contributed by atoms with Crippen LogP contribution in [0.5, 0.6) is 0 Å². The van der Waals surface area contributed by atoms with E-state index in [2.05, 4.69) is 10.6 Å². The molecule has 0 bridgehead atoms. The normalized spacial score (nSPS) is 22.0. The Kier molecular flexibility index (Phi) is 5.84. The van der Waals surface area contributed by atoms with Crippen molar-refractivity contribution in [2.24, 2.45) is 0 Å². The summed E-state index contributed by atoms with van der Waals surface area (Å²) in [6, 6.07) is 12.3. The van der Waals surface area contributed by atoms with Gasteiger partial charge in [0.25, 0.3) is 0 Å². The molecule has 1 heterocycles. The molecule has 3 rings (SSSR count). The molecule has 1 saturated heterocycles. The lowest BCUT2D eigenvalue weighted by Gasteiger charge is -2.32. The van der Waals surface area contributed by atoms with Gasteiger partial charge in [0.2, 0.25) is 5.72 Å². The maximum Gasteiger partial charge on any atom is 0.435 e. The van der Waals surface area contributed by atoms with Gasteiger partial charge >= 0.3 is 12.3 Å². The van der Waals surface area contributed by atoms with Crippen molar-refractivity contribution in [3.63, 3.8) is 0 Å². The zero-order valence-electron chi connectivity index (χ0n) is 17.3. The van der Waals surface area contributed by atoms with Gasteiger partial charge < -0.3 is 9.47 Å². The van der Waals surface area contributed by atoms with Crippen molar-refractivity contribution in [3.05, 3.63) is 65.2 Å². The van der Waals surface area contributed by atoms with Gasteiger partial charge in [0, 0.05) is 11.3 Å². The highest BCUT2D eigenvalue weighted by atomic mass is 19.4. The Bertz CT molecular complexity index is 910. The Labute approximate surface area is 173 Å². The first kappa shape index (κ1) is 22.1. The van der Waals surface area contributed by atoms with E-state index in [9.17, 15) is 18.0 Å². The Balaban J connectivity index is 1.88. The number of amides is 1. The lowest BCUT2D eigenvalue weighted by atomic mass is 9.98. The average Bonchev–Trinajstić information content (AvgIpc) is 3.09. The third kappa shape index (κ3) is 4.60. The van der Waals surface area contributed by atoms with Gasteiger partial charge in [-0.25, -0.2) is 4.79 Å². The molecule has 5 nitrogen and oxygen atoms in total. The smallest absolute Gasteiger partial charge is 0.435 e. The quantitative estimate of drug-likeness (QED) is 0.694. The van der Waals surface area contributed by atoms with E-state index < -0.39 is 29.6 Å². The molecule has 0 radical (unpaired) electrons. The molecule has 2 aromatic rings. The SMILES string of the molecule is Cc1cc(C2(C(F)(F)F)NC(c3ccccc3)CO2)ccc1NC(=O)OC(C)(C)C. The number of anilines is 1. The van der Waals surface area contributed by atoms with Crippen LogP contribution < -0.4 is 10.6 Å². The lowest BCUT2D eigenvalue weighted by molar-refractivity contribution is -0.278. The molecule has 2 N–H and O–H groups in total. The molecule has 1 aliphatic heterocycles.